The molecular weight excluding hydrogens is 196 g/mol. The van der Waals surface area contributed by atoms with Gasteiger partial charge in [-0.05, 0) is 30.2 Å². The van der Waals surface area contributed by atoms with Crippen molar-refractivity contribution in [2.24, 2.45) is 5.41 Å². The Morgan fingerprint density at radius 3 is 2.31 bits per heavy atom. The molecule has 1 rings (SSSR count). The number of unbranched alkanes of at least 4 members (excludes halogenated alkanes) is 1. The van der Waals surface area contributed by atoms with Crippen LogP contribution in [0.3, 0.4) is 0 Å². The van der Waals surface area contributed by atoms with Gasteiger partial charge in [0.2, 0.25) is 0 Å². The Bertz CT molecular complexity index is 275. The maximum Gasteiger partial charge on any atom is 0.0490 e. The number of aliphatic hydroxyl groups excluding tert-OH is 1. The number of hydrogen-bond acceptors (Lipinski definition) is 1. The van der Waals surface area contributed by atoms with Crippen LogP contribution in [0.1, 0.15) is 45.1 Å². The fourth-order valence-electron chi connectivity index (χ4n) is 2.22. The Hall–Kier alpha value is -0.820. The van der Waals surface area contributed by atoms with Crippen LogP contribution in [0.15, 0.2) is 30.3 Å². The van der Waals surface area contributed by atoms with Crippen LogP contribution in [0, 0.1) is 5.41 Å². The lowest BCUT2D eigenvalue weighted by Gasteiger charge is -2.31. The maximum atomic E-state index is 9.66. The van der Waals surface area contributed by atoms with Crippen LogP contribution in [-0.2, 0) is 6.42 Å². The van der Waals surface area contributed by atoms with E-state index in [0.717, 1.165) is 19.3 Å². The second-order valence-electron chi connectivity index (χ2n) is 4.78. The third-order valence-corrected chi connectivity index (χ3v) is 3.57. The highest BCUT2D eigenvalue weighted by Gasteiger charge is 2.26. The van der Waals surface area contributed by atoms with Crippen molar-refractivity contribution >= 4 is 0 Å². The van der Waals surface area contributed by atoms with E-state index in [4.69, 9.17) is 0 Å². The molecule has 0 fully saturated rings. The Balaban J connectivity index is 2.70. The molecule has 1 aromatic carbocycles. The quantitative estimate of drug-likeness (QED) is 0.741. The first-order valence-electron chi connectivity index (χ1n) is 6.41. The molecule has 0 aromatic heterocycles. The van der Waals surface area contributed by atoms with Gasteiger partial charge in [-0.1, -0.05) is 57.0 Å². The number of hydrogen-bond donors (Lipinski definition) is 1. The average molecular weight is 220 g/mol. The van der Waals surface area contributed by atoms with Gasteiger partial charge in [-0.3, -0.25) is 0 Å². The summed E-state index contributed by atoms with van der Waals surface area (Å²) >= 11 is 0. The van der Waals surface area contributed by atoms with Crippen molar-refractivity contribution in [2.45, 2.75) is 46.0 Å². The molecule has 0 radical (unpaired) electrons. The van der Waals surface area contributed by atoms with Gasteiger partial charge >= 0.3 is 0 Å². The Morgan fingerprint density at radius 2 is 1.81 bits per heavy atom. The minimum atomic E-state index is 0.0946. The van der Waals surface area contributed by atoms with E-state index in [1.807, 2.05) is 6.07 Å². The molecule has 0 aliphatic rings. The standard InChI is InChI=1S/C15H24O/c1-3-5-11-15(4-2,13-16)12-14-9-7-6-8-10-14/h6-10,16H,3-5,11-13H2,1-2H3. The van der Waals surface area contributed by atoms with E-state index in [9.17, 15) is 5.11 Å². The summed E-state index contributed by atoms with van der Waals surface area (Å²) in [7, 11) is 0. The average Bonchev–Trinajstić information content (AvgIpc) is 2.36. The molecule has 1 atom stereocenters. The van der Waals surface area contributed by atoms with E-state index in [2.05, 4.69) is 38.1 Å². The van der Waals surface area contributed by atoms with E-state index < -0.39 is 0 Å². The van der Waals surface area contributed by atoms with Crippen molar-refractivity contribution in [2.75, 3.05) is 6.61 Å². The molecule has 0 amide bonds. The zero-order valence-corrected chi connectivity index (χ0v) is 10.6. The van der Waals surface area contributed by atoms with Crippen molar-refractivity contribution in [3.63, 3.8) is 0 Å². The van der Waals surface area contributed by atoms with Crippen LogP contribution in [0.25, 0.3) is 0 Å². The van der Waals surface area contributed by atoms with Gasteiger partial charge in [-0.25, -0.2) is 0 Å². The normalized spacial score (nSPS) is 14.7. The van der Waals surface area contributed by atoms with E-state index in [-0.39, 0.29) is 5.41 Å². The second kappa shape index (κ2) is 6.70. The molecule has 0 heterocycles. The number of rotatable bonds is 7. The fourth-order valence-corrected chi connectivity index (χ4v) is 2.22. The molecule has 1 nitrogen and oxygen atoms in total. The Morgan fingerprint density at radius 1 is 1.12 bits per heavy atom. The molecule has 1 heteroatoms. The summed E-state index contributed by atoms with van der Waals surface area (Å²) in [4.78, 5) is 0. The molecule has 0 bridgehead atoms. The highest BCUT2D eigenvalue weighted by molar-refractivity contribution is 5.16. The first-order chi connectivity index (χ1) is 7.76. The lowest BCUT2D eigenvalue weighted by molar-refractivity contribution is 0.107. The van der Waals surface area contributed by atoms with Gasteiger partial charge in [0.25, 0.3) is 0 Å². The van der Waals surface area contributed by atoms with E-state index in [0.29, 0.717) is 6.61 Å². The molecule has 0 saturated carbocycles. The lowest BCUT2D eigenvalue weighted by atomic mass is 9.76. The van der Waals surface area contributed by atoms with Crippen LogP contribution >= 0.6 is 0 Å². The van der Waals surface area contributed by atoms with Crippen molar-refractivity contribution in [3.8, 4) is 0 Å². The zero-order chi connectivity index (χ0) is 11.9. The zero-order valence-electron chi connectivity index (χ0n) is 10.6. The molecule has 16 heavy (non-hydrogen) atoms. The van der Waals surface area contributed by atoms with Crippen LogP contribution in [0.5, 0.6) is 0 Å². The molecule has 0 saturated heterocycles. The van der Waals surface area contributed by atoms with Gasteiger partial charge in [0.05, 0.1) is 0 Å². The van der Waals surface area contributed by atoms with Crippen molar-refractivity contribution in [1.29, 1.82) is 0 Å². The largest absolute Gasteiger partial charge is 0.396 e. The molecule has 1 aromatic rings. The van der Waals surface area contributed by atoms with Gasteiger partial charge in [-0.2, -0.15) is 0 Å². The monoisotopic (exact) mass is 220 g/mol. The Kier molecular flexibility index (Phi) is 5.54. The minimum absolute atomic E-state index is 0.0946. The SMILES string of the molecule is CCCCC(CC)(CO)Cc1ccccc1. The molecule has 1 unspecified atom stereocenters. The first kappa shape index (κ1) is 13.2. The number of aliphatic hydroxyl groups is 1. The molecule has 90 valence electrons. The predicted octanol–water partition coefficient (Wildman–Crippen LogP) is 3.81. The predicted molar refractivity (Wildman–Crippen MR) is 69.5 cm³/mol. The minimum Gasteiger partial charge on any atom is -0.396 e. The molecule has 0 spiro atoms. The number of benzene rings is 1. The van der Waals surface area contributed by atoms with Gasteiger partial charge in [0, 0.05) is 6.61 Å². The van der Waals surface area contributed by atoms with Crippen molar-refractivity contribution < 1.29 is 5.11 Å². The van der Waals surface area contributed by atoms with E-state index >= 15 is 0 Å². The lowest BCUT2D eigenvalue weighted by Crippen LogP contribution is -2.27. The fraction of sp³-hybridized carbons (Fsp3) is 0.600. The molecule has 0 aliphatic heterocycles. The van der Waals surface area contributed by atoms with Crippen molar-refractivity contribution in [3.05, 3.63) is 35.9 Å². The summed E-state index contributed by atoms with van der Waals surface area (Å²) < 4.78 is 0. The third kappa shape index (κ3) is 3.64. The Labute approximate surface area is 99.5 Å². The maximum absolute atomic E-state index is 9.66. The van der Waals surface area contributed by atoms with Crippen molar-refractivity contribution in [1.82, 2.24) is 0 Å². The van der Waals surface area contributed by atoms with Gasteiger partial charge in [-0.15, -0.1) is 0 Å². The topological polar surface area (TPSA) is 20.2 Å². The molecule has 1 N–H and O–H groups in total. The van der Waals surface area contributed by atoms with Crippen LogP contribution < -0.4 is 0 Å². The smallest absolute Gasteiger partial charge is 0.0490 e. The van der Waals surface area contributed by atoms with Crippen LogP contribution in [0.2, 0.25) is 0 Å². The highest BCUT2D eigenvalue weighted by atomic mass is 16.3. The van der Waals surface area contributed by atoms with E-state index in [1.165, 1.54) is 18.4 Å². The van der Waals surface area contributed by atoms with Crippen LogP contribution in [-0.4, -0.2) is 11.7 Å². The summed E-state index contributed by atoms with van der Waals surface area (Å²) in [6.45, 7) is 4.70. The van der Waals surface area contributed by atoms with Gasteiger partial charge in [0.1, 0.15) is 0 Å². The van der Waals surface area contributed by atoms with E-state index in [1.54, 1.807) is 0 Å². The summed E-state index contributed by atoms with van der Waals surface area (Å²) in [5.41, 5.74) is 1.44. The van der Waals surface area contributed by atoms with Gasteiger partial charge in [0.15, 0.2) is 0 Å². The summed E-state index contributed by atoms with van der Waals surface area (Å²) in [5, 5.41) is 9.66. The summed E-state index contributed by atoms with van der Waals surface area (Å²) in [6, 6.07) is 10.5. The van der Waals surface area contributed by atoms with Gasteiger partial charge < -0.3 is 5.11 Å². The summed E-state index contributed by atoms with van der Waals surface area (Å²) in [6.07, 6.45) is 5.60. The highest BCUT2D eigenvalue weighted by Crippen LogP contribution is 2.32. The second-order valence-corrected chi connectivity index (χ2v) is 4.78. The molecular formula is C15H24O. The van der Waals surface area contributed by atoms with Crippen LogP contribution in [0.4, 0.5) is 0 Å². The third-order valence-electron chi connectivity index (χ3n) is 3.57. The first-order valence-corrected chi connectivity index (χ1v) is 6.41. The molecule has 0 aliphatic carbocycles. The summed E-state index contributed by atoms with van der Waals surface area (Å²) in [5.74, 6) is 0.